The normalized spacial score (nSPS) is 31.3. The van der Waals surface area contributed by atoms with Gasteiger partial charge in [-0.2, -0.15) is 0 Å². The highest BCUT2D eigenvalue weighted by molar-refractivity contribution is 6.22. The smallest absolute Gasteiger partial charge is 0.238 e. The van der Waals surface area contributed by atoms with Gasteiger partial charge in [0, 0.05) is 5.56 Å². The molecule has 2 amide bonds. The Morgan fingerprint density at radius 3 is 2.22 bits per heavy atom. The van der Waals surface area contributed by atoms with E-state index in [4.69, 9.17) is 9.47 Å². The van der Waals surface area contributed by atoms with Crippen molar-refractivity contribution in [2.75, 3.05) is 18.6 Å². The number of hydrogen-bond donors (Lipinski definition) is 0. The zero-order chi connectivity index (χ0) is 22.0. The lowest BCUT2D eigenvalue weighted by molar-refractivity contribution is -0.124. The molecule has 7 rings (SSSR count). The number of methoxy groups -OCH3 is 1. The van der Waals surface area contributed by atoms with E-state index in [-0.39, 0.29) is 47.9 Å². The van der Waals surface area contributed by atoms with E-state index < -0.39 is 0 Å². The van der Waals surface area contributed by atoms with Gasteiger partial charge in [-0.05, 0) is 66.5 Å². The first-order chi connectivity index (χ1) is 15.6. The highest BCUT2D eigenvalue weighted by Gasteiger charge is 2.67. The highest BCUT2D eigenvalue weighted by atomic mass is 16.5. The molecule has 162 valence electrons. The van der Waals surface area contributed by atoms with Crippen molar-refractivity contribution in [1.82, 2.24) is 0 Å². The van der Waals surface area contributed by atoms with Gasteiger partial charge in [-0.25, -0.2) is 0 Å². The van der Waals surface area contributed by atoms with Crippen LogP contribution < -0.4 is 14.4 Å². The van der Waals surface area contributed by atoms with E-state index in [9.17, 15) is 14.4 Å². The summed E-state index contributed by atoms with van der Waals surface area (Å²) in [6.07, 6.45) is 5.49. The summed E-state index contributed by atoms with van der Waals surface area (Å²) in [6.45, 7) is -0.115. The van der Waals surface area contributed by atoms with Crippen LogP contribution in [-0.2, 0) is 9.59 Å². The van der Waals surface area contributed by atoms with Crippen LogP contribution in [-0.4, -0.2) is 31.3 Å². The Bertz CT molecular complexity index is 1120. The highest BCUT2D eigenvalue weighted by Crippen LogP contribution is 2.65. The summed E-state index contributed by atoms with van der Waals surface area (Å²) in [5.74, 6) is 1.97. The largest absolute Gasteiger partial charge is 0.497 e. The first-order valence-electron chi connectivity index (χ1n) is 11.0. The Kier molecular flexibility index (Phi) is 4.25. The molecule has 2 saturated carbocycles. The third-order valence-corrected chi connectivity index (χ3v) is 7.52. The third-order valence-electron chi connectivity index (χ3n) is 7.52. The van der Waals surface area contributed by atoms with Crippen LogP contribution in [0.15, 0.2) is 60.7 Å². The van der Waals surface area contributed by atoms with Gasteiger partial charge in [-0.3, -0.25) is 19.3 Å². The average Bonchev–Trinajstić information content (AvgIpc) is 3.61. The Morgan fingerprint density at radius 1 is 0.938 bits per heavy atom. The molecular weight excluding hydrogens is 406 g/mol. The Hall–Kier alpha value is -3.41. The first-order valence-corrected chi connectivity index (χ1v) is 11.0. The second kappa shape index (κ2) is 7.05. The minimum Gasteiger partial charge on any atom is -0.497 e. The molecule has 1 heterocycles. The molecule has 6 atom stereocenters. The molecule has 6 nitrogen and oxygen atoms in total. The first kappa shape index (κ1) is 19.3. The molecule has 2 aromatic carbocycles. The molecule has 4 aliphatic carbocycles. The summed E-state index contributed by atoms with van der Waals surface area (Å²) in [5, 5.41) is 0. The van der Waals surface area contributed by atoms with Crippen molar-refractivity contribution in [2.45, 2.75) is 6.42 Å². The van der Waals surface area contributed by atoms with E-state index >= 15 is 0 Å². The van der Waals surface area contributed by atoms with Gasteiger partial charge >= 0.3 is 0 Å². The lowest BCUT2D eigenvalue weighted by Crippen LogP contribution is -2.40. The number of carbonyl (C=O) groups excluding carboxylic acids is 3. The summed E-state index contributed by atoms with van der Waals surface area (Å²) in [5.41, 5.74) is 1.08. The molecule has 2 bridgehead atoms. The summed E-state index contributed by atoms with van der Waals surface area (Å²) in [6, 6.07) is 13.7. The fourth-order valence-electron chi connectivity index (χ4n) is 5.93. The van der Waals surface area contributed by atoms with E-state index in [0.717, 1.165) is 6.42 Å². The molecule has 5 aliphatic rings. The number of ether oxygens (including phenoxy) is 2. The number of nitrogens with zero attached hydrogens (tertiary/aromatic N) is 1. The van der Waals surface area contributed by atoms with Crippen molar-refractivity contribution in [3.8, 4) is 11.5 Å². The minimum absolute atomic E-state index is 0.0772. The number of imide groups is 1. The molecule has 1 saturated heterocycles. The summed E-state index contributed by atoms with van der Waals surface area (Å²) < 4.78 is 10.8. The van der Waals surface area contributed by atoms with Crippen molar-refractivity contribution in [1.29, 1.82) is 0 Å². The average molecular weight is 429 g/mol. The molecular formula is C26H23NO5. The maximum Gasteiger partial charge on any atom is 0.238 e. The van der Waals surface area contributed by atoms with Gasteiger partial charge in [0.15, 0.2) is 12.4 Å². The predicted molar refractivity (Wildman–Crippen MR) is 116 cm³/mol. The quantitative estimate of drug-likeness (QED) is 0.399. The number of allylic oxidation sites excluding steroid dienone is 2. The van der Waals surface area contributed by atoms with Crippen LogP contribution in [0, 0.1) is 35.5 Å². The zero-order valence-electron chi connectivity index (χ0n) is 17.6. The zero-order valence-corrected chi connectivity index (χ0v) is 17.6. The van der Waals surface area contributed by atoms with E-state index in [0.29, 0.717) is 34.6 Å². The van der Waals surface area contributed by atoms with Crippen LogP contribution in [0.4, 0.5) is 5.69 Å². The molecule has 0 aromatic heterocycles. The molecule has 0 radical (unpaired) electrons. The fourth-order valence-corrected chi connectivity index (χ4v) is 5.93. The van der Waals surface area contributed by atoms with Crippen LogP contribution in [0.2, 0.25) is 0 Å². The van der Waals surface area contributed by atoms with E-state index in [2.05, 4.69) is 12.2 Å². The van der Waals surface area contributed by atoms with Crippen LogP contribution in [0.5, 0.6) is 11.5 Å². The standard InChI is InChI=1S/C26H23NO5/c1-31-17-4-2-3-14(11-17)22(28)13-32-16-7-5-15(6-8-16)27-25(29)23-18-9-10-19(21-12-20(18)21)24(23)26(27)30/h2-11,18-21,23-24H,12-13H2,1H3/t18-,19-,20-,21+,23-,24-/m1/s1. The topological polar surface area (TPSA) is 72.9 Å². The maximum absolute atomic E-state index is 13.2. The van der Waals surface area contributed by atoms with Gasteiger partial charge in [-0.1, -0.05) is 24.3 Å². The van der Waals surface area contributed by atoms with Gasteiger partial charge in [0.2, 0.25) is 11.8 Å². The summed E-state index contributed by atoms with van der Waals surface area (Å²) in [7, 11) is 1.55. The van der Waals surface area contributed by atoms with Gasteiger partial charge in [0.05, 0.1) is 24.6 Å². The van der Waals surface area contributed by atoms with Gasteiger partial charge in [-0.15, -0.1) is 0 Å². The number of Topliss-reactive ketones (excluding diaryl/α,β-unsaturated/α-hetero) is 1. The summed E-state index contributed by atoms with van der Waals surface area (Å²) >= 11 is 0. The van der Waals surface area contributed by atoms with Crippen molar-refractivity contribution >= 4 is 23.3 Å². The van der Waals surface area contributed by atoms with E-state index in [1.165, 1.54) is 4.90 Å². The van der Waals surface area contributed by atoms with Crippen molar-refractivity contribution < 1.29 is 23.9 Å². The van der Waals surface area contributed by atoms with Gasteiger partial charge in [0.1, 0.15) is 11.5 Å². The Labute approximate surface area is 185 Å². The van der Waals surface area contributed by atoms with Crippen LogP contribution in [0.25, 0.3) is 0 Å². The Morgan fingerprint density at radius 2 is 1.59 bits per heavy atom. The van der Waals surface area contributed by atoms with Crippen molar-refractivity contribution in [3.63, 3.8) is 0 Å². The third kappa shape index (κ3) is 2.82. The van der Waals surface area contributed by atoms with E-state index in [1.807, 2.05) is 0 Å². The van der Waals surface area contributed by atoms with Crippen LogP contribution >= 0.6 is 0 Å². The second-order valence-corrected chi connectivity index (χ2v) is 9.10. The second-order valence-electron chi connectivity index (χ2n) is 9.10. The van der Waals surface area contributed by atoms with Gasteiger partial charge in [0.25, 0.3) is 0 Å². The molecule has 2 aromatic rings. The predicted octanol–water partition coefficient (Wildman–Crippen LogP) is 3.51. The lowest BCUT2D eigenvalue weighted by Gasteiger charge is -2.37. The van der Waals surface area contributed by atoms with Crippen molar-refractivity contribution in [2.24, 2.45) is 35.5 Å². The Balaban J connectivity index is 1.15. The molecule has 3 fully saturated rings. The molecule has 0 unspecified atom stereocenters. The van der Waals surface area contributed by atoms with Gasteiger partial charge < -0.3 is 9.47 Å². The number of hydrogen-bond acceptors (Lipinski definition) is 5. The number of carbonyl (C=O) groups is 3. The number of benzene rings is 2. The molecule has 6 heteroatoms. The minimum atomic E-state index is -0.210. The molecule has 0 spiro atoms. The SMILES string of the molecule is COc1cccc(C(=O)COc2ccc(N3C(=O)[C@@H]4[C@@H]5C=C[C@H]([C@@H]6C[C@H]56)[C@H]4C3=O)cc2)c1. The number of anilines is 1. The number of ketones is 1. The number of rotatable bonds is 6. The summed E-state index contributed by atoms with van der Waals surface area (Å²) in [4.78, 5) is 40.2. The monoisotopic (exact) mass is 429 g/mol. The maximum atomic E-state index is 13.2. The van der Waals surface area contributed by atoms with E-state index in [1.54, 1.807) is 55.6 Å². The number of amides is 2. The fraction of sp³-hybridized carbons (Fsp3) is 0.346. The lowest BCUT2D eigenvalue weighted by atomic mass is 9.63. The molecule has 1 aliphatic heterocycles. The molecule has 32 heavy (non-hydrogen) atoms. The van der Waals surface area contributed by atoms with Crippen LogP contribution in [0.3, 0.4) is 0 Å². The van der Waals surface area contributed by atoms with Crippen LogP contribution in [0.1, 0.15) is 16.8 Å². The van der Waals surface area contributed by atoms with Crippen molar-refractivity contribution in [3.05, 3.63) is 66.2 Å². The molecule has 0 N–H and O–H groups in total.